The maximum absolute atomic E-state index is 6.06. The van der Waals surface area contributed by atoms with Crippen molar-refractivity contribution in [1.29, 1.82) is 0 Å². The van der Waals surface area contributed by atoms with Gasteiger partial charge in [-0.05, 0) is 33.7 Å². The zero-order valence-corrected chi connectivity index (χ0v) is 12.9. The highest BCUT2D eigenvalue weighted by Crippen LogP contribution is 2.33. The predicted molar refractivity (Wildman–Crippen MR) is 79.3 cm³/mol. The number of hydrogen-bond acceptors (Lipinski definition) is 4. The zero-order chi connectivity index (χ0) is 13.9. The maximum atomic E-state index is 6.06. The second-order valence-corrected chi connectivity index (χ2v) is 6.60. The molecule has 112 valence electrons. The molecule has 4 heteroatoms. The molecule has 0 aromatic carbocycles. The van der Waals surface area contributed by atoms with Gasteiger partial charge in [-0.2, -0.15) is 0 Å². The Morgan fingerprint density at radius 1 is 1.37 bits per heavy atom. The smallest absolute Gasteiger partial charge is 0.0829 e. The summed E-state index contributed by atoms with van der Waals surface area (Å²) in [4.78, 5) is 5.00. The highest BCUT2D eigenvalue weighted by Gasteiger charge is 2.37. The number of morpholine rings is 1. The van der Waals surface area contributed by atoms with Crippen molar-refractivity contribution in [2.75, 3.05) is 39.8 Å². The molecule has 2 rings (SSSR count). The van der Waals surface area contributed by atoms with Gasteiger partial charge < -0.3 is 10.5 Å². The molecule has 4 nitrogen and oxygen atoms in total. The molecule has 0 radical (unpaired) electrons. The van der Waals surface area contributed by atoms with E-state index in [4.69, 9.17) is 10.5 Å². The molecule has 1 aliphatic heterocycles. The molecule has 2 N–H and O–H groups in total. The lowest BCUT2D eigenvalue weighted by atomic mass is 9.95. The molecule has 1 heterocycles. The summed E-state index contributed by atoms with van der Waals surface area (Å²) in [6.07, 6.45) is 5.49. The van der Waals surface area contributed by atoms with Crippen LogP contribution in [0, 0.1) is 0 Å². The van der Waals surface area contributed by atoms with Crippen molar-refractivity contribution in [3.63, 3.8) is 0 Å². The third kappa shape index (κ3) is 3.48. The fraction of sp³-hybridized carbons (Fsp3) is 1.00. The molecule has 1 saturated carbocycles. The van der Waals surface area contributed by atoms with Gasteiger partial charge in [0, 0.05) is 37.8 Å². The molecule has 2 fully saturated rings. The van der Waals surface area contributed by atoms with Crippen molar-refractivity contribution in [2.24, 2.45) is 5.73 Å². The van der Waals surface area contributed by atoms with E-state index in [9.17, 15) is 0 Å². The normalized spacial score (nSPS) is 28.4. The molecule has 1 aliphatic carbocycles. The molecule has 2 aliphatic rings. The SMILES string of the molecule is CC(C)N1CCOC(CN(C)C2(CN)CCCC2)C1. The van der Waals surface area contributed by atoms with Gasteiger partial charge in [0.05, 0.1) is 12.7 Å². The van der Waals surface area contributed by atoms with Crippen molar-refractivity contribution < 1.29 is 4.74 Å². The third-order valence-electron chi connectivity index (χ3n) is 5.10. The lowest BCUT2D eigenvalue weighted by molar-refractivity contribution is -0.0612. The first-order chi connectivity index (χ1) is 9.07. The molecule has 1 saturated heterocycles. The van der Waals surface area contributed by atoms with Crippen molar-refractivity contribution in [1.82, 2.24) is 9.80 Å². The van der Waals surface area contributed by atoms with Crippen LogP contribution in [0.25, 0.3) is 0 Å². The van der Waals surface area contributed by atoms with E-state index in [0.29, 0.717) is 12.1 Å². The Hall–Kier alpha value is -0.160. The standard InChI is InChI=1S/C15H31N3O/c1-13(2)18-8-9-19-14(11-18)10-17(3)15(12-16)6-4-5-7-15/h13-14H,4-12,16H2,1-3H3. The van der Waals surface area contributed by atoms with Crippen LogP contribution in [0.2, 0.25) is 0 Å². The summed E-state index contributed by atoms with van der Waals surface area (Å²) in [5, 5.41) is 0. The molecule has 0 amide bonds. The molecule has 0 spiro atoms. The Bertz CT molecular complexity index is 277. The number of nitrogens with two attached hydrogens (primary N) is 1. The minimum Gasteiger partial charge on any atom is -0.374 e. The van der Waals surface area contributed by atoms with E-state index in [1.807, 2.05) is 0 Å². The Balaban J connectivity index is 1.89. The number of rotatable bonds is 5. The van der Waals surface area contributed by atoms with Crippen LogP contribution in [-0.4, -0.2) is 67.3 Å². The maximum Gasteiger partial charge on any atom is 0.0829 e. The molecule has 0 aromatic rings. The number of hydrogen-bond donors (Lipinski definition) is 1. The minimum absolute atomic E-state index is 0.240. The summed E-state index contributed by atoms with van der Waals surface area (Å²) < 4.78 is 5.95. The lowest BCUT2D eigenvalue weighted by Crippen LogP contribution is -2.56. The first kappa shape index (κ1) is 15.2. The van der Waals surface area contributed by atoms with Gasteiger partial charge in [-0.3, -0.25) is 9.80 Å². The van der Waals surface area contributed by atoms with E-state index in [2.05, 4.69) is 30.7 Å². The average Bonchev–Trinajstić information content (AvgIpc) is 2.89. The van der Waals surface area contributed by atoms with Gasteiger partial charge in [0.2, 0.25) is 0 Å². The summed E-state index contributed by atoms with van der Waals surface area (Å²) in [5.41, 5.74) is 6.30. The van der Waals surface area contributed by atoms with Crippen LogP contribution in [0.5, 0.6) is 0 Å². The van der Waals surface area contributed by atoms with Crippen LogP contribution in [-0.2, 0) is 4.74 Å². The van der Waals surface area contributed by atoms with Crippen LogP contribution in [0.4, 0.5) is 0 Å². The summed E-state index contributed by atoms with van der Waals surface area (Å²) >= 11 is 0. The third-order valence-corrected chi connectivity index (χ3v) is 5.10. The second kappa shape index (κ2) is 6.53. The number of ether oxygens (including phenoxy) is 1. The molecule has 19 heavy (non-hydrogen) atoms. The average molecular weight is 269 g/mol. The topological polar surface area (TPSA) is 41.7 Å². The minimum atomic E-state index is 0.240. The van der Waals surface area contributed by atoms with E-state index < -0.39 is 0 Å². The molecule has 0 aromatic heterocycles. The van der Waals surface area contributed by atoms with Crippen LogP contribution in [0.1, 0.15) is 39.5 Å². The highest BCUT2D eigenvalue weighted by molar-refractivity contribution is 4.95. The van der Waals surface area contributed by atoms with Gasteiger partial charge >= 0.3 is 0 Å². The van der Waals surface area contributed by atoms with Crippen molar-refractivity contribution in [2.45, 2.75) is 57.2 Å². The second-order valence-electron chi connectivity index (χ2n) is 6.60. The largest absolute Gasteiger partial charge is 0.374 e. The van der Waals surface area contributed by atoms with Gasteiger partial charge in [0.15, 0.2) is 0 Å². The molecular formula is C15H31N3O. The summed E-state index contributed by atoms with van der Waals surface area (Å²) in [6, 6.07) is 0.617. The number of likely N-dealkylation sites (N-methyl/N-ethyl adjacent to an activating group) is 1. The fourth-order valence-corrected chi connectivity index (χ4v) is 3.60. The van der Waals surface area contributed by atoms with E-state index in [-0.39, 0.29) is 5.54 Å². The first-order valence-electron chi connectivity index (χ1n) is 7.84. The van der Waals surface area contributed by atoms with E-state index in [0.717, 1.165) is 32.8 Å². The summed E-state index contributed by atoms with van der Waals surface area (Å²) in [6.45, 7) is 9.33. The zero-order valence-electron chi connectivity index (χ0n) is 12.9. The highest BCUT2D eigenvalue weighted by atomic mass is 16.5. The van der Waals surface area contributed by atoms with Crippen molar-refractivity contribution >= 4 is 0 Å². The van der Waals surface area contributed by atoms with Crippen LogP contribution in [0.3, 0.4) is 0 Å². The van der Waals surface area contributed by atoms with Crippen LogP contribution >= 0.6 is 0 Å². The molecule has 0 bridgehead atoms. The van der Waals surface area contributed by atoms with Crippen LogP contribution in [0.15, 0.2) is 0 Å². The summed E-state index contributed by atoms with van der Waals surface area (Å²) in [5.74, 6) is 0. The Labute approximate surface area is 118 Å². The first-order valence-corrected chi connectivity index (χ1v) is 7.84. The molecule has 1 unspecified atom stereocenters. The lowest BCUT2D eigenvalue weighted by Gasteiger charge is -2.42. The van der Waals surface area contributed by atoms with Gasteiger partial charge in [0.25, 0.3) is 0 Å². The van der Waals surface area contributed by atoms with Crippen molar-refractivity contribution in [3.8, 4) is 0 Å². The van der Waals surface area contributed by atoms with Crippen molar-refractivity contribution in [3.05, 3.63) is 0 Å². The van der Waals surface area contributed by atoms with Gasteiger partial charge in [0.1, 0.15) is 0 Å². The fourth-order valence-electron chi connectivity index (χ4n) is 3.60. The van der Waals surface area contributed by atoms with Gasteiger partial charge in [-0.15, -0.1) is 0 Å². The van der Waals surface area contributed by atoms with E-state index in [1.165, 1.54) is 25.7 Å². The molecule has 1 atom stereocenters. The Kier molecular flexibility index (Phi) is 5.23. The summed E-state index contributed by atoms with van der Waals surface area (Å²) in [7, 11) is 2.23. The van der Waals surface area contributed by atoms with E-state index in [1.54, 1.807) is 0 Å². The van der Waals surface area contributed by atoms with Gasteiger partial charge in [-0.1, -0.05) is 12.8 Å². The van der Waals surface area contributed by atoms with E-state index >= 15 is 0 Å². The monoisotopic (exact) mass is 269 g/mol. The van der Waals surface area contributed by atoms with Crippen LogP contribution < -0.4 is 5.73 Å². The Morgan fingerprint density at radius 3 is 2.63 bits per heavy atom. The predicted octanol–water partition coefficient (Wildman–Crippen LogP) is 1.30. The quantitative estimate of drug-likeness (QED) is 0.817. The molecular weight excluding hydrogens is 238 g/mol. The Morgan fingerprint density at radius 2 is 2.05 bits per heavy atom. The number of nitrogens with zero attached hydrogens (tertiary/aromatic N) is 2. The van der Waals surface area contributed by atoms with Gasteiger partial charge in [-0.25, -0.2) is 0 Å².